The summed E-state index contributed by atoms with van der Waals surface area (Å²) in [7, 11) is 0. The number of aromatic nitrogens is 3. The predicted octanol–water partition coefficient (Wildman–Crippen LogP) is 3.57. The molecule has 1 saturated heterocycles. The zero-order valence-corrected chi connectivity index (χ0v) is 16.0. The third kappa shape index (κ3) is 4.07. The number of amides is 1. The topological polar surface area (TPSA) is 80.2 Å². The molecule has 0 spiro atoms. The number of fused-ring (bicyclic) bond motifs is 1. The van der Waals surface area contributed by atoms with Gasteiger partial charge >= 0.3 is 6.09 Å². The van der Waals surface area contributed by atoms with Crippen LogP contribution in [0.2, 0.25) is 10.4 Å². The van der Waals surface area contributed by atoms with Crippen molar-refractivity contribution in [1.82, 2.24) is 20.3 Å². The summed E-state index contributed by atoms with van der Waals surface area (Å²) in [5.41, 5.74) is -0.551. The van der Waals surface area contributed by atoms with Gasteiger partial charge in [0.2, 0.25) is 5.28 Å². The van der Waals surface area contributed by atoms with Crippen LogP contribution in [0.1, 0.15) is 27.2 Å². The Balaban J connectivity index is 1.81. The SMILES string of the molecule is CC(C)(C)OC(=O)N[C@H]1CCN(c2nc(Cl)nc3c(F)c(Cl)ncc23)C1. The highest BCUT2D eigenvalue weighted by Gasteiger charge is 2.29. The van der Waals surface area contributed by atoms with Crippen molar-refractivity contribution in [1.29, 1.82) is 0 Å². The fourth-order valence-electron chi connectivity index (χ4n) is 2.78. The van der Waals surface area contributed by atoms with Crippen LogP contribution in [0.4, 0.5) is 15.0 Å². The highest BCUT2D eigenvalue weighted by atomic mass is 35.5. The standard InChI is InChI=1S/C16H18Cl2FN5O2/c1-16(2,3)26-15(25)21-8-4-5-24(7-8)13-9-6-20-12(17)10(19)11(9)22-14(18)23-13/h6,8H,4-5,7H2,1-3H3,(H,21,25)/t8-/m0/s1. The number of hydrogen-bond acceptors (Lipinski definition) is 6. The Kier molecular flexibility index (Phi) is 5.07. The molecule has 0 aromatic carbocycles. The van der Waals surface area contributed by atoms with Crippen LogP contribution in [0.25, 0.3) is 10.9 Å². The molecule has 1 aliphatic rings. The zero-order valence-electron chi connectivity index (χ0n) is 14.5. The largest absolute Gasteiger partial charge is 0.444 e. The third-order valence-electron chi connectivity index (χ3n) is 3.80. The van der Waals surface area contributed by atoms with Gasteiger partial charge < -0.3 is 15.0 Å². The van der Waals surface area contributed by atoms with E-state index in [0.717, 1.165) is 0 Å². The highest BCUT2D eigenvalue weighted by Crippen LogP contribution is 2.30. The zero-order chi connectivity index (χ0) is 19.1. The molecule has 10 heteroatoms. The molecular weight excluding hydrogens is 384 g/mol. The molecule has 0 saturated carbocycles. The summed E-state index contributed by atoms with van der Waals surface area (Å²) in [5, 5.41) is 2.88. The van der Waals surface area contributed by atoms with E-state index in [-0.39, 0.29) is 22.0 Å². The minimum atomic E-state index is -0.739. The maximum atomic E-state index is 14.2. The molecule has 0 aliphatic carbocycles. The first kappa shape index (κ1) is 18.8. The van der Waals surface area contributed by atoms with Gasteiger partial charge in [0.05, 0.1) is 11.4 Å². The second kappa shape index (κ2) is 7.00. The highest BCUT2D eigenvalue weighted by molar-refractivity contribution is 6.30. The molecule has 140 valence electrons. The van der Waals surface area contributed by atoms with E-state index >= 15 is 0 Å². The lowest BCUT2D eigenvalue weighted by Gasteiger charge is -2.22. The summed E-state index contributed by atoms with van der Waals surface area (Å²) in [6.45, 7) is 6.48. The molecule has 1 aliphatic heterocycles. The van der Waals surface area contributed by atoms with Crippen LogP contribution in [-0.2, 0) is 4.74 Å². The molecule has 1 atom stereocenters. The van der Waals surface area contributed by atoms with Crippen LogP contribution in [-0.4, -0.2) is 45.8 Å². The average Bonchev–Trinajstić information content (AvgIpc) is 2.97. The van der Waals surface area contributed by atoms with Crippen LogP contribution in [0, 0.1) is 5.82 Å². The lowest BCUT2D eigenvalue weighted by atomic mass is 10.2. The number of anilines is 1. The molecule has 3 rings (SSSR count). The minimum Gasteiger partial charge on any atom is -0.444 e. The molecular formula is C16H18Cl2FN5O2. The number of pyridine rings is 1. The van der Waals surface area contributed by atoms with Crippen molar-refractivity contribution in [3.05, 3.63) is 22.5 Å². The van der Waals surface area contributed by atoms with Crippen molar-refractivity contribution in [3.63, 3.8) is 0 Å². The molecule has 0 radical (unpaired) electrons. The maximum absolute atomic E-state index is 14.2. The number of carbonyl (C=O) groups excluding carboxylic acids is 1. The minimum absolute atomic E-state index is 0.0172. The van der Waals surface area contributed by atoms with E-state index in [9.17, 15) is 9.18 Å². The van der Waals surface area contributed by atoms with Gasteiger partial charge in [-0.2, -0.15) is 4.98 Å². The second-order valence-corrected chi connectivity index (χ2v) is 7.72. The summed E-state index contributed by atoms with van der Waals surface area (Å²) in [6.07, 6.45) is 1.63. The van der Waals surface area contributed by atoms with Gasteiger partial charge in [0.15, 0.2) is 11.0 Å². The number of halogens is 3. The van der Waals surface area contributed by atoms with Crippen LogP contribution in [0.5, 0.6) is 0 Å². The Morgan fingerprint density at radius 3 is 2.81 bits per heavy atom. The van der Waals surface area contributed by atoms with Gasteiger partial charge in [0.25, 0.3) is 0 Å². The molecule has 2 aromatic rings. The number of rotatable bonds is 2. The molecule has 0 bridgehead atoms. The van der Waals surface area contributed by atoms with E-state index < -0.39 is 17.5 Å². The maximum Gasteiger partial charge on any atom is 0.407 e. The van der Waals surface area contributed by atoms with Gasteiger partial charge in [-0.3, -0.25) is 0 Å². The average molecular weight is 402 g/mol. The lowest BCUT2D eigenvalue weighted by molar-refractivity contribution is 0.0509. The molecule has 1 fully saturated rings. The number of ether oxygens (including phenoxy) is 1. The van der Waals surface area contributed by atoms with Crippen LogP contribution < -0.4 is 10.2 Å². The molecule has 0 unspecified atom stereocenters. The Labute approximate surface area is 159 Å². The van der Waals surface area contributed by atoms with E-state index in [0.29, 0.717) is 30.7 Å². The fraction of sp³-hybridized carbons (Fsp3) is 0.500. The number of carbonyl (C=O) groups is 1. The first-order valence-electron chi connectivity index (χ1n) is 8.06. The van der Waals surface area contributed by atoms with E-state index in [1.807, 2.05) is 4.90 Å². The second-order valence-electron chi connectivity index (χ2n) is 7.02. The van der Waals surface area contributed by atoms with Crippen molar-refractivity contribution in [3.8, 4) is 0 Å². The molecule has 1 amide bonds. The van der Waals surface area contributed by atoms with Gasteiger partial charge in [0.1, 0.15) is 16.9 Å². The van der Waals surface area contributed by atoms with Gasteiger partial charge in [-0.15, -0.1) is 0 Å². The first-order chi connectivity index (χ1) is 12.1. The Morgan fingerprint density at radius 1 is 1.38 bits per heavy atom. The molecule has 7 nitrogen and oxygen atoms in total. The number of hydrogen-bond donors (Lipinski definition) is 1. The van der Waals surface area contributed by atoms with Crippen molar-refractivity contribution in [2.24, 2.45) is 0 Å². The van der Waals surface area contributed by atoms with Gasteiger partial charge in [-0.25, -0.2) is 19.2 Å². The molecule has 3 heterocycles. The predicted molar refractivity (Wildman–Crippen MR) is 97.3 cm³/mol. The Hall–Kier alpha value is -1.93. The monoisotopic (exact) mass is 401 g/mol. The molecule has 2 aromatic heterocycles. The van der Waals surface area contributed by atoms with Crippen molar-refractivity contribution in [2.75, 3.05) is 18.0 Å². The fourth-order valence-corrected chi connectivity index (χ4v) is 3.08. The lowest BCUT2D eigenvalue weighted by Crippen LogP contribution is -2.40. The quantitative estimate of drug-likeness (QED) is 0.611. The Morgan fingerprint density at radius 2 is 2.12 bits per heavy atom. The number of alkyl carbamates (subject to hydrolysis) is 1. The summed E-state index contributed by atoms with van der Waals surface area (Å²) in [4.78, 5) is 25.8. The Bertz CT molecular complexity index is 859. The van der Waals surface area contributed by atoms with Crippen molar-refractivity contribution in [2.45, 2.75) is 38.8 Å². The number of nitrogens with one attached hydrogen (secondary N) is 1. The van der Waals surface area contributed by atoms with Crippen LogP contribution in [0.3, 0.4) is 0 Å². The summed E-state index contributed by atoms with van der Waals surface area (Å²) in [5.74, 6) is -0.283. The first-order valence-corrected chi connectivity index (χ1v) is 8.81. The van der Waals surface area contributed by atoms with Gasteiger partial charge in [-0.05, 0) is 38.8 Å². The van der Waals surface area contributed by atoms with Crippen molar-refractivity contribution < 1.29 is 13.9 Å². The van der Waals surface area contributed by atoms with E-state index in [1.165, 1.54) is 6.20 Å². The summed E-state index contributed by atoms with van der Waals surface area (Å²) in [6, 6.07) is -0.126. The number of nitrogens with zero attached hydrogens (tertiary/aromatic N) is 4. The summed E-state index contributed by atoms with van der Waals surface area (Å²) >= 11 is 11.7. The summed E-state index contributed by atoms with van der Waals surface area (Å²) < 4.78 is 19.5. The van der Waals surface area contributed by atoms with Crippen molar-refractivity contribution >= 4 is 46.0 Å². The normalized spacial score (nSPS) is 17.6. The third-order valence-corrected chi connectivity index (χ3v) is 4.24. The van der Waals surface area contributed by atoms with Crippen LogP contribution in [0.15, 0.2) is 6.20 Å². The van der Waals surface area contributed by atoms with E-state index in [4.69, 9.17) is 27.9 Å². The van der Waals surface area contributed by atoms with Gasteiger partial charge in [-0.1, -0.05) is 11.6 Å². The van der Waals surface area contributed by atoms with Gasteiger partial charge in [0, 0.05) is 19.3 Å². The molecule has 1 N–H and O–H groups in total. The van der Waals surface area contributed by atoms with E-state index in [2.05, 4.69) is 20.3 Å². The molecule has 26 heavy (non-hydrogen) atoms. The van der Waals surface area contributed by atoms with E-state index in [1.54, 1.807) is 20.8 Å². The smallest absolute Gasteiger partial charge is 0.407 e. The van der Waals surface area contributed by atoms with Crippen LogP contribution >= 0.6 is 23.2 Å².